The highest BCUT2D eigenvalue weighted by molar-refractivity contribution is 6.31. The van der Waals surface area contributed by atoms with Crippen molar-refractivity contribution in [2.24, 2.45) is 0 Å². The highest BCUT2D eigenvalue weighted by Crippen LogP contribution is 2.27. The maximum absolute atomic E-state index is 11.6. The van der Waals surface area contributed by atoms with Gasteiger partial charge in [-0.05, 0) is 31.9 Å². The number of rotatable bonds is 4. The van der Waals surface area contributed by atoms with E-state index in [0.29, 0.717) is 11.6 Å². The van der Waals surface area contributed by atoms with Crippen molar-refractivity contribution >= 4 is 17.6 Å². The molecule has 4 heteroatoms. The van der Waals surface area contributed by atoms with Crippen LogP contribution in [0, 0.1) is 0 Å². The van der Waals surface area contributed by atoms with Crippen LogP contribution in [0.3, 0.4) is 0 Å². The predicted octanol–water partition coefficient (Wildman–Crippen LogP) is 3.28. The Morgan fingerprint density at radius 2 is 2.00 bits per heavy atom. The predicted molar refractivity (Wildman–Crippen MR) is 71.3 cm³/mol. The zero-order valence-electron chi connectivity index (χ0n) is 10.5. The average Bonchev–Trinajstić information content (AvgIpc) is 2.26. The first kappa shape index (κ1) is 13.8. The van der Waals surface area contributed by atoms with Crippen LogP contribution in [-0.2, 0) is 5.54 Å². The Labute approximate surface area is 108 Å². The van der Waals surface area contributed by atoms with Crippen molar-refractivity contribution in [1.29, 1.82) is 0 Å². The molecule has 1 aromatic carbocycles. The molecule has 94 valence electrons. The third kappa shape index (κ3) is 3.93. The minimum Gasteiger partial charge on any atom is -0.338 e. The van der Waals surface area contributed by atoms with E-state index < -0.39 is 5.54 Å². The van der Waals surface area contributed by atoms with Gasteiger partial charge in [-0.15, -0.1) is 0 Å². The van der Waals surface area contributed by atoms with Crippen LogP contribution in [0.25, 0.3) is 0 Å². The summed E-state index contributed by atoms with van der Waals surface area (Å²) in [4.78, 5) is 11.6. The third-order valence-electron chi connectivity index (χ3n) is 2.51. The summed E-state index contributed by atoms with van der Waals surface area (Å²) in [6.07, 6.45) is 0.917. The SMILES string of the molecule is CCCNC(=O)NC(C)(C)c1ccccc1Cl. The van der Waals surface area contributed by atoms with Gasteiger partial charge in [0.1, 0.15) is 0 Å². The molecule has 2 N–H and O–H groups in total. The van der Waals surface area contributed by atoms with Crippen LogP contribution in [0.2, 0.25) is 5.02 Å². The summed E-state index contributed by atoms with van der Waals surface area (Å²) < 4.78 is 0. The topological polar surface area (TPSA) is 41.1 Å². The molecular formula is C13H19ClN2O. The minimum atomic E-state index is -0.490. The van der Waals surface area contributed by atoms with Gasteiger partial charge in [0.25, 0.3) is 0 Å². The molecule has 0 heterocycles. The van der Waals surface area contributed by atoms with E-state index in [0.717, 1.165) is 12.0 Å². The molecule has 0 aliphatic carbocycles. The monoisotopic (exact) mass is 254 g/mol. The Hall–Kier alpha value is -1.22. The van der Waals surface area contributed by atoms with Crippen LogP contribution in [0.1, 0.15) is 32.8 Å². The minimum absolute atomic E-state index is 0.170. The van der Waals surface area contributed by atoms with Crippen LogP contribution in [0.15, 0.2) is 24.3 Å². The lowest BCUT2D eigenvalue weighted by molar-refractivity contribution is 0.230. The fourth-order valence-corrected chi connectivity index (χ4v) is 1.97. The van der Waals surface area contributed by atoms with Gasteiger partial charge in [-0.2, -0.15) is 0 Å². The molecule has 0 spiro atoms. The number of carbonyl (C=O) groups excluding carboxylic acids is 1. The molecule has 0 aliphatic heterocycles. The summed E-state index contributed by atoms with van der Waals surface area (Å²) in [5.74, 6) is 0. The number of hydrogen-bond acceptors (Lipinski definition) is 1. The molecule has 3 nitrogen and oxygen atoms in total. The van der Waals surface area contributed by atoms with E-state index in [2.05, 4.69) is 10.6 Å². The molecule has 0 bridgehead atoms. The molecule has 1 aromatic rings. The molecule has 1 rings (SSSR count). The Bertz CT molecular complexity index is 391. The van der Waals surface area contributed by atoms with Crippen molar-refractivity contribution in [3.63, 3.8) is 0 Å². The molecule has 0 aromatic heterocycles. The zero-order chi connectivity index (χ0) is 12.9. The highest BCUT2D eigenvalue weighted by Gasteiger charge is 2.24. The van der Waals surface area contributed by atoms with Crippen LogP contribution < -0.4 is 10.6 Å². The lowest BCUT2D eigenvalue weighted by Crippen LogP contribution is -2.46. The van der Waals surface area contributed by atoms with Gasteiger partial charge in [-0.1, -0.05) is 36.7 Å². The molecule has 0 saturated heterocycles. The Balaban J connectivity index is 2.75. The molecule has 17 heavy (non-hydrogen) atoms. The highest BCUT2D eigenvalue weighted by atomic mass is 35.5. The molecule has 0 saturated carbocycles. The standard InChI is InChI=1S/C13H19ClN2O/c1-4-9-15-12(17)16-13(2,3)10-7-5-6-8-11(10)14/h5-8H,4,9H2,1-3H3,(H2,15,16,17). The Morgan fingerprint density at radius 1 is 1.35 bits per heavy atom. The first-order chi connectivity index (χ1) is 7.97. The van der Waals surface area contributed by atoms with E-state index in [-0.39, 0.29) is 6.03 Å². The first-order valence-corrected chi connectivity index (χ1v) is 6.16. The number of nitrogens with one attached hydrogen (secondary N) is 2. The van der Waals surface area contributed by atoms with E-state index in [4.69, 9.17) is 11.6 Å². The molecule has 2 amide bonds. The molecule has 0 fully saturated rings. The van der Waals surface area contributed by atoms with Crippen molar-refractivity contribution in [2.75, 3.05) is 6.54 Å². The fourth-order valence-electron chi connectivity index (χ4n) is 1.60. The summed E-state index contributed by atoms with van der Waals surface area (Å²) in [7, 11) is 0. The first-order valence-electron chi connectivity index (χ1n) is 5.78. The number of halogens is 1. The maximum Gasteiger partial charge on any atom is 0.315 e. The van der Waals surface area contributed by atoms with Gasteiger partial charge in [-0.3, -0.25) is 0 Å². The van der Waals surface area contributed by atoms with E-state index in [1.165, 1.54) is 0 Å². The van der Waals surface area contributed by atoms with Gasteiger partial charge in [0.15, 0.2) is 0 Å². The largest absolute Gasteiger partial charge is 0.338 e. The molecule has 0 aliphatic rings. The third-order valence-corrected chi connectivity index (χ3v) is 2.84. The summed E-state index contributed by atoms with van der Waals surface area (Å²) in [5.41, 5.74) is 0.421. The van der Waals surface area contributed by atoms with Gasteiger partial charge in [0, 0.05) is 11.6 Å². The van der Waals surface area contributed by atoms with Crippen molar-refractivity contribution in [1.82, 2.24) is 10.6 Å². The summed E-state index contributed by atoms with van der Waals surface area (Å²) in [5, 5.41) is 6.36. The van der Waals surface area contributed by atoms with Gasteiger partial charge in [0.2, 0.25) is 0 Å². The number of hydrogen-bond donors (Lipinski definition) is 2. The molecular weight excluding hydrogens is 236 g/mol. The van der Waals surface area contributed by atoms with Gasteiger partial charge in [0.05, 0.1) is 5.54 Å². The van der Waals surface area contributed by atoms with E-state index in [1.54, 1.807) is 0 Å². The van der Waals surface area contributed by atoms with Crippen molar-refractivity contribution in [2.45, 2.75) is 32.7 Å². The number of carbonyl (C=O) groups is 1. The Morgan fingerprint density at radius 3 is 2.59 bits per heavy atom. The second kappa shape index (κ2) is 5.92. The van der Waals surface area contributed by atoms with E-state index in [9.17, 15) is 4.79 Å². The fraction of sp³-hybridized carbons (Fsp3) is 0.462. The lowest BCUT2D eigenvalue weighted by atomic mass is 9.94. The number of urea groups is 1. The van der Waals surface area contributed by atoms with Crippen LogP contribution in [0.5, 0.6) is 0 Å². The van der Waals surface area contributed by atoms with Gasteiger partial charge < -0.3 is 10.6 Å². The van der Waals surface area contributed by atoms with Crippen LogP contribution in [0.4, 0.5) is 4.79 Å². The Kier molecular flexibility index (Phi) is 4.82. The molecule has 0 atom stereocenters. The quantitative estimate of drug-likeness (QED) is 0.851. The van der Waals surface area contributed by atoms with E-state index in [1.807, 2.05) is 45.0 Å². The molecule has 0 unspecified atom stereocenters. The van der Waals surface area contributed by atoms with Crippen LogP contribution >= 0.6 is 11.6 Å². The average molecular weight is 255 g/mol. The summed E-state index contributed by atoms with van der Waals surface area (Å²) in [6.45, 7) is 6.55. The number of benzene rings is 1. The van der Waals surface area contributed by atoms with Crippen molar-refractivity contribution < 1.29 is 4.79 Å². The molecule has 0 radical (unpaired) electrons. The lowest BCUT2D eigenvalue weighted by Gasteiger charge is -2.27. The van der Waals surface area contributed by atoms with Gasteiger partial charge in [-0.25, -0.2) is 4.79 Å². The zero-order valence-corrected chi connectivity index (χ0v) is 11.3. The summed E-state index contributed by atoms with van der Waals surface area (Å²) in [6, 6.07) is 7.36. The van der Waals surface area contributed by atoms with E-state index >= 15 is 0 Å². The van der Waals surface area contributed by atoms with Crippen molar-refractivity contribution in [3.8, 4) is 0 Å². The van der Waals surface area contributed by atoms with Crippen LogP contribution in [-0.4, -0.2) is 12.6 Å². The normalized spacial score (nSPS) is 11.1. The van der Waals surface area contributed by atoms with Crippen molar-refractivity contribution in [3.05, 3.63) is 34.9 Å². The second-order valence-corrected chi connectivity index (χ2v) is 4.89. The van der Waals surface area contributed by atoms with Gasteiger partial charge >= 0.3 is 6.03 Å². The maximum atomic E-state index is 11.6. The summed E-state index contributed by atoms with van der Waals surface area (Å²) >= 11 is 6.12. The smallest absolute Gasteiger partial charge is 0.315 e. The number of amides is 2. The second-order valence-electron chi connectivity index (χ2n) is 4.49.